The number of carbonyl (C=O) groups excluding carboxylic acids is 1. The molecular formula is C18H24O2. The van der Waals surface area contributed by atoms with Crippen LogP contribution in [0.2, 0.25) is 0 Å². The van der Waals surface area contributed by atoms with Crippen molar-refractivity contribution in [2.75, 3.05) is 7.11 Å². The van der Waals surface area contributed by atoms with E-state index in [4.69, 9.17) is 4.74 Å². The fraction of sp³-hybridized carbons (Fsp3) is 0.611. The lowest BCUT2D eigenvalue weighted by atomic mass is 9.83. The maximum Gasteiger partial charge on any atom is 0.167 e. The van der Waals surface area contributed by atoms with Crippen molar-refractivity contribution in [2.24, 2.45) is 17.8 Å². The number of ether oxygens (including phenoxy) is 1. The summed E-state index contributed by atoms with van der Waals surface area (Å²) in [5, 5.41) is 0. The van der Waals surface area contributed by atoms with Crippen molar-refractivity contribution in [2.45, 2.75) is 46.0 Å². The zero-order valence-electron chi connectivity index (χ0n) is 12.7. The first-order valence-electron chi connectivity index (χ1n) is 7.77. The monoisotopic (exact) mass is 272 g/mol. The summed E-state index contributed by atoms with van der Waals surface area (Å²) in [5.41, 5.74) is 3.01. The van der Waals surface area contributed by atoms with Gasteiger partial charge in [-0.3, -0.25) is 4.79 Å². The Morgan fingerprint density at radius 1 is 1.25 bits per heavy atom. The molecule has 2 aliphatic carbocycles. The summed E-state index contributed by atoms with van der Waals surface area (Å²) >= 11 is 0. The third-order valence-electron chi connectivity index (χ3n) is 5.27. The number of carbonyl (C=O) groups is 1. The van der Waals surface area contributed by atoms with Crippen LogP contribution in [-0.2, 0) is 0 Å². The molecule has 0 aliphatic heterocycles. The van der Waals surface area contributed by atoms with E-state index in [9.17, 15) is 4.79 Å². The Kier molecular flexibility index (Phi) is 3.57. The molecule has 2 aliphatic rings. The van der Waals surface area contributed by atoms with Gasteiger partial charge in [-0.05, 0) is 68.1 Å². The molecule has 0 N–H and O–H groups in total. The molecule has 2 bridgehead atoms. The van der Waals surface area contributed by atoms with Crippen LogP contribution >= 0.6 is 0 Å². The van der Waals surface area contributed by atoms with Gasteiger partial charge in [0, 0.05) is 6.42 Å². The van der Waals surface area contributed by atoms with Crippen molar-refractivity contribution in [1.82, 2.24) is 0 Å². The first-order chi connectivity index (χ1) is 9.58. The van der Waals surface area contributed by atoms with Gasteiger partial charge >= 0.3 is 0 Å². The molecule has 3 atom stereocenters. The highest BCUT2D eigenvalue weighted by molar-refractivity contribution is 6.00. The van der Waals surface area contributed by atoms with Gasteiger partial charge in [0.2, 0.25) is 0 Å². The van der Waals surface area contributed by atoms with Crippen LogP contribution in [0.15, 0.2) is 12.1 Å². The van der Waals surface area contributed by atoms with Crippen molar-refractivity contribution >= 4 is 5.78 Å². The lowest BCUT2D eigenvalue weighted by Gasteiger charge is -2.21. The van der Waals surface area contributed by atoms with Gasteiger partial charge in [-0.25, -0.2) is 0 Å². The van der Waals surface area contributed by atoms with Gasteiger partial charge in [0.25, 0.3) is 0 Å². The van der Waals surface area contributed by atoms with E-state index in [0.717, 1.165) is 34.3 Å². The number of methoxy groups -OCH3 is 1. The molecule has 3 rings (SSSR count). The van der Waals surface area contributed by atoms with Crippen molar-refractivity contribution in [3.05, 3.63) is 28.8 Å². The SMILES string of the molecule is COc1cc(C)cc(C)c1C(=O)CC1CC2CCC1C2. The van der Waals surface area contributed by atoms with Gasteiger partial charge in [-0.2, -0.15) is 0 Å². The molecule has 0 radical (unpaired) electrons. The van der Waals surface area contributed by atoms with Gasteiger partial charge in [-0.15, -0.1) is 0 Å². The van der Waals surface area contributed by atoms with E-state index < -0.39 is 0 Å². The van der Waals surface area contributed by atoms with Gasteiger partial charge in [0.1, 0.15) is 5.75 Å². The quantitative estimate of drug-likeness (QED) is 0.763. The maximum absolute atomic E-state index is 12.7. The Hall–Kier alpha value is -1.31. The number of Topliss-reactive ketones (excluding diaryl/α,β-unsaturated/α-hetero) is 1. The van der Waals surface area contributed by atoms with Crippen LogP contribution in [0.3, 0.4) is 0 Å². The molecule has 2 saturated carbocycles. The molecule has 0 amide bonds. The van der Waals surface area contributed by atoms with Gasteiger partial charge in [-0.1, -0.05) is 12.5 Å². The molecule has 0 spiro atoms. The molecule has 2 fully saturated rings. The largest absolute Gasteiger partial charge is 0.496 e. The van der Waals surface area contributed by atoms with Crippen molar-refractivity contribution in [3.8, 4) is 5.75 Å². The van der Waals surface area contributed by atoms with Crippen molar-refractivity contribution in [3.63, 3.8) is 0 Å². The minimum atomic E-state index is 0.275. The van der Waals surface area contributed by atoms with E-state index in [0.29, 0.717) is 12.3 Å². The van der Waals surface area contributed by atoms with E-state index in [1.54, 1.807) is 7.11 Å². The highest BCUT2D eigenvalue weighted by Crippen LogP contribution is 2.50. The second-order valence-corrected chi connectivity index (χ2v) is 6.72. The molecule has 108 valence electrons. The van der Waals surface area contributed by atoms with E-state index >= 15 is 0 Å². The fourth-order valence-corrected chi connectivity index (χ4v) is 4.41. The molecule has 2 nitrogen and oxygen atoms in total. The van der Waals surface area contributed by atoms with Crippen LogP contribution in [-0.4, -0.2) is 12.9 Å². The average molecular weight is 272 g/mol. The Balaban J connectivity index is 1.80. The number of benzene rings is 1. The van der Waals surface area contributed by atoms with E-state index in [-0.39, 0.29) is 5.78 Å². The number of aryl methyl sites for hydroxylation is 2. The van der Waals surface area contributed by atoms with Crippen LogP contribution < -0.4 is 4.74 Å². The maximum atomic E-state index is 12.7. The number of hydrogen-bond donors (Lipinski definition) is 0. The lowest BCUT2D eigenvalue weighted by Crippen LogP contribution is -2.16. The van der Waals surface area contributed by atoms with Gasteiger partial charge in [0.15, 0.2) is 5.78 Å². The Labute approximate surface area is 121 Å². The molecular weight excluding hydrogens is 248 g/mol. The topological polar surface area (TPSA) is 26.3 Å². The summed E-state index contributed by atoms with van der Waals surface area (Å²) in [6.45, 7) is 4.06. The lowest BCUT2D eigenvalue weighted by molar-refractivity contribution is 0.0940. The number of fused-ring (bicyclic) bond motifs is 2. The minimum absolute atomic E-state index is 0.275. The number of rotatable bonds is 4. The van der Waals surface area contributed by atoms with Crippen LogP contribution in [0.1, 0.15) is 53.6 Å². The van der Waals surface area contributed by atoms with Crippen molar-refractivity contribution in [1.29, 1.82) is 0 Å². The Morgan fingerprint density at radius 3 is 2.65 bits per heavy atom. The number of hydrogen-bond acceptors (Lipinski definition) is 2. The summed E-state index contributed by atoms with van der Waals surface area (Å²) in [7, 11) is 1.66. The predicted octanol–water partition coefficient (Wildman–Crippen LogP) is 4.32. The zero-order valence-corrected chi connectivity index (χ0v) is 12.7. The highest BCUT2D eigenvalue weighted by Gasteiger charge is 2.40. The molecule has 3 unspecified atom stereocenters. The normalized spacial score (nSPS) is 27.9. The fourth-order valence-electron chi connectivity index (χ4n) is 4.41. The summed E-state index contributed by atoms with van der Waals surface area (Å²) in [6.07, 6.45) is 6.07. The van der Waals surface area contributed by atoms with Crippen LogP contribution in [0.25, 0.3) is 0 Å². The summed E-state index contributed by atoms with van der Waals surface area (Å²) < 4.78 is 5.43. The van der Waals surface area contributed by atoms with Crippen molar-refractivity contribution < 1.29 is 9.53 Å². The first kappa shape index (κ1) is 13.7. The minimum Gasteiger partial charge on any atom is -0.496 e. The molecule has 0 aromatic heterocycles. The molecule has 20 heavy (non-hydrogen) atoms. The predicted molar refractivity (Wildman–Crippen MR) is 80.4 cm³/mol. The Bertz CT molecular complexity index is 532. The molecule has 2 heteroatoms. The second-order valence-electron chi connectivity index (χ2n) is 6.72. The second kappa shape index (κ2) is 5.23. The summed E-state index contributed by atoms with van der Waals surface area (Å²) in [6, 6.07) is 4.05. The van der Waals surface area contributed by atoms with Crippen LogP contribution in [0.4, 0.5) is 0 Å². The zero-order chi connectivity index (χ0) is 14.3. The summed E-state index contributed by atoms with van der Waals surface area (Å²) in [5.74, 6) is 3.35. The van der Waals surface area contributed by atoms with Crippen LogP contribution in [0, 0.1) is 31.6 Å². The summed E-state index contributed by atoms with van der Waals surface area (Å²) in [4.78, 5) is 12.7. The van der Waals surface area contributed by atoms with E-state index in [2.05, 4.69) is 6.07 Å². The first-order valence-corrected chi connectivity index (χ1v) is 7.77. The van der Waals surface area contributed by atoms with E-state index in [1.165, 1.54) is 25.7 Å². The van der Waals surface area contributed by atoms with Crippen LogP contribution in [0.5, 0.6) is 5.75 Å². The van der Waals surface area contributed by atoms with Gasteiger partial charge < -0.3 is 4.74 Å². The Morgan fingerprint density at radius 2 is 2.05 bits per heavy atom. The van der Waals surface area contributed by atoms with E-state index in [1.807, 2.05) is 19.9 Å². The van der Waals surface area contributed by atoms with Gasteiger partial charge in [0.05, 0.1) is 12.7 Å². The molecule has 0 saturated heterocycles. The third kappa shape index (κ3) is 2.36. The molecule has 0 heterocycles. The average Bonchev–Trinajstić information content (AvgIpc) is 2.99. The third-order valence-corrected chi connectivity index (χ3v) is 5.27. The number of ketones is 1. The highest BCUT2D eigenvalue weighted by atomic mass is 16.5. The smallest absolute Gasteiger partial charge is 0.167 e. The molecule has 1 aromatic carbocycles. The standard InChI is InChI=1S/C18H24O2/c1-11-6-12(2)18(17(7-11)20-3)16(19)10-15-9-13-4-5-14(15)8-13/h6-7,13-15H,4-5,8-10H2,1-3H3. The molecule has 1 aromatic rings.